The van der Waals surface area contributed by atoms with Crippen molar-refractivity contribution in [1.29, 1.82) is 0 Å². The van der Waals surface area contributed by atoms with Gasteiger partial charge in [-0.25, -0.2) is 14.4 Å². The van der Waals surface area contributed by atoms with E-state index >= 15 is 0 Å². The Labute approximate surface area is 280 Å². The minimum absolute atomic E-state index is 0.00108. The van der Waals surface area contributed by atoms with E-state index in [0.717, 1.165) is 9.80 Å². The summed E-state index contributed by atoms with van der Waals surface area (Å²) in [5.74, 6) is -7.45. The lowest BCUT2D eigenvalue weighted by atomic mass is 9.92. The molecular formula is C34H59N3O10. The van der Waals surface area contributed by atoms with Crippen LogP contribution in [0.2, 0.25) is 0 Å². The summed E-state index contributed by atoms with van der Waals surface area (Å²) in [6.45, 7) is 19.9. The number of esters is 3. The summed E-state index contributed by atoms with van der Waals surface area (Å²) in [6, 6.07) is -3.62. The first-order valence-corrected chi connectivity index (χ1v) is 16.6. The fraction of sp³-hybridized carbons (Fsp3) is 0.824. The molecule has 1 aliphatic rings. The molecule has 0 radical (unpaired) electrons. The highest BCUT2D eigenvalue weighted by atomic mass is 16.6. The van der Waals surface area contributed by atoms with Crippen LogP contribution in [-0.2, 0) is 43.0 Å². The van der Waals surface area contributed by atoms with Crippen molar-refractivity contribution in [3.05, 3.63) is 0 Å². The van der Waals surface area contributed by atoms with Gasteiger partial charge in [0, 0.05) is 21.1 Å². The molecule has 1 fully saturated rings. The van der Waals surface area contributed by atoms with Crippen LogP contribution in [0.25, 0.3) is 0 Å². The van der Waals surface area contributed by atoms with Gasteiger partial charge in [-0.15, -0.1) is 0 Å². The second-order valence-corrected chi connectivity index (χ2v) is 14.6. The molecule has 270 valence electrons. The predicted octanol–water partition coefficient (Wildman–Crippen LogP) is 2.66. The summed E-state index contributed by atoms with van der Waals surface area (Å²) in [6.07, 6.45) is -4.43. The number of amides is 3. The Kier molecular flexibility index (Phi) is 14.9. The number of cyclic esters (lactones) is 3. The first-order chi connectivity index (χ1) is 21.4. The summed E-state index contributed by atoms with van der Waals surface area (Å²) < 4.78 is 17.3. The maximum atomic E-state index is 14.1. The van der Waals surface area contributed by atoms with E-state index in [0.29, 0.717) is 0 Å². The SMILES string of the molecule is CC[C@@](C)(O)C1OC(=O)[C@H](C(C)C)N(C)C(=O)[C@@H](C(C)C)OC(=O)[C@H](C(C)C)N(C)C(=O)[C@@H](C(C)C)OC(=O)[C@H](C(C)C)N(C)C1=O. The van der Waals surface area contributed by atoms with Gasteiger partial charge in [0.05, 0.1) is 0 Å². The zero-order valence-electron chi connectivity index (χ0n) is 31.0. The van der Waals surface area contributed by atoms with Crippen LogP contribution in [0.3, 0.4) is 0 Å². The Bertz CT molecular complexity index is 1140. The fourth-order valence-electron chi connectivity index (χ4n) is 5.78. The van der Waals surface area contributed by atoms with Crippen LogP contribution in [0.4, 0.5) is 0 Å². The van der Waals surface area contributed by atoms with Gasteiger partial charge in [0.1, 0.15) is 23.7 Å². The Morgan fingerprint density at radius 3 is 1.09 bits per heavy atom. The van der Waals surface area contributed by atoms with E-state index in [9.17, 15) is 33.9 Å². The van der Waals surface area contributed by atoms with Crippen LogP contribution >= 0.6 is 0 Å². The summed E-state index contributed by atoms with van der Waals surface area (Å²) >= 11 is 0. The van der Waals surface area contributed by atoms with Crippen LogP contribution in [0.1, 0.15) is 89.5 Å². The van der Waals surface area contributed by atoms with E-state index in [1.165, 1.54) is 33.0 Å². The van der Waals surface area contributed by atoms with E-state index in [1.807, 2.05) is 0 Å². The maximum absolute atomic E-state index is 14.1. The molecule has 0 aromatic heterocycles. The average Bonchev–Trinajstić information content (AvgIpc) is 2.94. The maximum Gasteiger partial charge on any atom is 0.330 e. The van der Waals surface area contributed by atoms with Gasteiger partial charge in [0.15, 0.2) is 12.2 Å². The predicted molar refractivity (Wildman–Crippen MR) is 174 cm³/mol. The largest absolute Gasteiger partial charge is 0.450 e. The van der Waals surface area contributed by atoms with E-state index in [-0.39, 0.29) is 6.42 Å². The second-order valence-electron chi connectivity index (χ2n) is 14.6. The Balaban J connectivity index is 4.03. The molecule has 1 saturated heterocycles. The number of likely N-dealkylation sites (N-methyl/N-ethyl adjacent to an activating group) is 3. The highest BCUT2D eigenvalue weighted by Gasteiger charge is 2.48. The summed E-state index contributed by atoms with van der Waals surface area (Å²) in [5, 5.41) is 11.3. The van der Waals surface area contributed by atoms with E-state index in [2.05, 4.69) is 0 Å². The number of hydrogen-bond donors (Lipinski definition) is 1. The summed E-state index contributed by atoms with van der Waals surface area (Å²) in [5.41, 5.74) is -1.86. The molecule has 0 bridgehead atoms. The molecule has 13 heteroatoms. The van der Waals surface area contributed by atoms with Crippen LogP contribution in [-0.4, -0.2) is 119 Å². The van der Waals surface area contributed by atoms with Crippen LogP contribution in [0.5, 0.6) is 0 Å². The van der Waals surface area contributed by atoms with Crippen molar-refractivity contribution in [3.63, 3.8) is 0 Å². The standard InChI is InChI=1S/C34H59N3O10/c1-16-34(12,44)27-30(40)37(15)23(18(4)5)32(42)46-25(20(8)9)28(38)35(13)22(17(2)3)31(41)45-26(21(10)11)29(39)36(14)24(19(6)7)33(43)47-27/h17-27,44H,16H2,1-15H3/t22-,23-,24-,25+,26+,27?,34+/m0/s1. The fourth-order valence-corrected chi connectivity index (χ4v) is 5.78. The summed E-state index contributed by atoms with van der Waals surface area (Å²) in [4.78, 5) is 86.6. The normalized spacial score (nSPS) is 28.1. The molecule has 0 aromatic carbocycles. The highest BCUT2D eigenvalue weighted by Crippen LogP contribution is 2.27. The number of hydrogen-bond acceptors (Lipinski definition) is 10. The van der Waals surface area contributed by atoms with Crippen molar-refractivity contribution in [2.75, 3.05) is 21.1 Å². The van der Waals surface area contributed by atoms with Crippen molar-refractivity contribution in [1.82, 2.24) is 14.7 Å². The minimum Gasteiger partial charge on any atom is -0.450 e. The highest BCUT2D eigenvalue weighted by molar-refractivity contribution is 5.94. The molecule has 0 aliphatic carbocycles. The van der Waals surface area contributed by atoms with Gasteiger partial charge in [-0.1, -0.05) is 76.2 Å². The van der Waals surface area contributed by atoms with Gasteiger partial charge in [-0.2, -0.15) is 0 Å². The zero-order valence-corrected chi connectivity index (χ0v) is 31.0. The monoisotopic (exact) mass is 669 g/mol. The number of rotatable bonds is 7. The molecule has 0 aromatic rings. The van der Waals surface area contributed by atoms with Gasteiger partial charge in [-0.05, 0) is 42.9 Å². The van der Waals surface area contributed by atoms with Gasteiger partial charge in [0.2, 0.25) is 6.10 Å². The molecule has 13 nitrogen and oxygen atoms in total. The lowest BCUT2D eigenvalue weighted by molar-refractivity contribution is -0.188. The first-order valence-electron chi connectivity index (χ1n) is 16.6. The molecule has 7 atom stereocenters. The average molecular weight is 670 g/mol. The lowest BCUT2D eigenvalue weighted by Gasteiger charge is -2.40. The third-order valence-corrected chi connectivity index (χ3v) is 8.84. The van der Waals surface area contributed by atoms with Crippen molar-refractivity contribution < 1.29 is 48.1 Å². The second kappa shape index (κ2) is 16.7. The van der Waals surface area contributed by atoms with Gasteiger partial charge < -0.3 is 34.0 Å². The van der Waals surface area contributed by atoms with Gasteiger partial charge >= 0.3 is 17.9 Å². The molecule has 1 N–H and O–H groups in total. The van der Waals surface area contributed by atoms with Crippen LogP contribution in [0.15, 0.2) is 0 Å². The van der Waals surface area contributed by atoms with Crippen molar-refractivity contribution in [3.8, 4) is 0 Å². The smallest absolute Gasteiger partial charge is 0.330 e. The number of aliphatic hydroxyl groups is 1. The minimum atomic E-state index is -1.86. The van der Waals surface area contributed by atoms with Crippen LogP contribution < -0.4 is 0 Å². The molecule has 0 spiro atoms. The lowest BCUT2D eigenvalue weighted by Crippen LogP contribution is -2.60. The quantitative estimate of drug-likeness (QED) is 0.315. The first kappa shape index (κ1) is 41.8. The Morgan fingerprint density at radius 2 is 0.830 bits per heavy atom. The van der Waals surface area contributed by atoms with Crippen molar-refractivity contribution in [2.45, 2.75) is 132 Å². The van der Waals surface area contributed by atoms with E-state index < -0.39 is 107 Å². The molecular weight excluding hydrogens is 610 g/mol. The zero-order chi connectivity index (χ0) is 36.9. The Hall–Kier alpha value is -3.22. The summed E-state index contributed by atoms with van der Waals surface area (Å²) in [7, 11) is 4.13. The topological polar surface area (TPSA) is 160 Å². The van der Waals surface area contributed by atoms with Gasteiger partial charge in [-0.3, -0.25) is 14.4 Å². The van der Waals surface area contributed by atoms with Crippen molar-refractivity contribution in [2.24, 2.45) is 29.6 Å². The number of carbonyl (C=O) groups excluding carboxylic acids is 6. The molecule has 1 heterocycles. The van der Waals surface area contributed by atoms with Crippen molar-refractivity contribution >= 4 is 35.6 Å². The van der Waals surface area contributed by atoms with E-state index in [1.54, 1.807) is 76.2 Å². The number of nitrogens with zero attached hydrogens (tertiary/aromatic N) is 3. The molecule has 1 rings (SSSR count). The molecule has 1 unspecified atom stereocenters. The van der Waals surface area contributed by atoms with E-state index in [4.69, 9.17) is 14.2 Å². The molecule has 3 amide bonds. The number of ether oxygens (including phenoxy) is 3. The van der Waals surface area contributed by atoms with Gasteiger partial charge in [0.25, 0.3) is 17.7 Å². The third-order valence-electron chi connectivity index (χ3n) is 8.84. The number of carbonyl (C=O) groups is 6. The van der Waals surface area contributed by atoms with Crippen LogP contribution in [0, 0.1) is 29.6 Å². The Morgan fingerprint density at radius 1 is 0.553 bits per heavy atom. The third kappa shape index (κ3) is 9.67. The molecule has 1 aliphatic heterocycles. The molecule has 0 saturated carbocycles. The molecule has 47 heavy (non-hydrogen) atoms.